The molecule has 2 atom stereocenters. The minimum Gasteiger partial charge on any atom is -0.351 e. The Morgan fingerprint density at radius 3 is 3.29 bits per heavy atom. The summed E-state index contributed by atoms with van der Waals surface area (Å²) in [5.41, 5.74) is 0.836. The summed E-state index contributed by atoms with van der Waals surface area (Å²) in [6.07, 6.45) is 6.50. The highest BCUT2D eigenvalue weighted by Gasteiger charge is 2.23. The standard InChI is InChI=1S/C15H20N4O2/c1-3-10(2)12-8-13(21-18-12)15(20)17-11-4-5-14-16-6-7-19(14)9-11/h6-8,10-11H,3-5,9H2,1-2H3,(H,17,20)/t10-,11-/m0/s1. The first-order valence-electron chi connectivity index (χ1n) is 7.45. The Kier molecular flexibility index (Phi) is 3.77. The number of nitrogens with one attached hydrogen (secondary N) is 1. The van der Waals surface area contributed by atoms with Crippen molar-refractivity contribution in [2.24, 2.45) is 0 Å². The van der Waals surface area contributed by atoms with E-state index >= 15 is 0 Å². The van der Waals surface area contributed by atoms with Crippen molar-refractivity contribution in [3.63, 3.8) is 0 Å². The van der Waals surface area contributed by atoms with Crippen LogP contribution in [-0.4, -0.2) is 26.7 Å². The lowest BCUT2D eigenvalue weighted by Gasteiger charge is -2.24. The van der Waals surface area contributed by atoms with Gasteiger partial charge in [-0.1, -0.05) is 19.0 Å². The minimum atomic E-state index is -0.189. The van der Waals surface area contributed by atoms with Gasteiger partial charge in [0.05, 0.1) is 5.69 Å². The summed E-state index contributed by atoms with van der Waals surface area (Å²) in [5.74, 6) is 1.49. The van der Waals surface area contributed by atoms with E-state index in [9.17, 15) is 4.79 Å². The van der Waals surface area contributed by atoms with Crippen molar-refractivity contribution in [1.82, 2.24) is 20.0 Å². The molecule has 0 bridgehead atoms. The third-order valence-electron chi connectivity index (χ3n) is 4.14. The Balaban J connectivity index is 1.63. The molecular formula is C15H20N4O2. The molecule has 3 rings (SSSR count). The third-order valence-corrected chi connectivity index (χ3v) is 4.14. The van der Waals surface area contributed by atoms with E-state index in [1.54, 1.807) is 12.3 Å². The number of amides is 1. The highest BCUT2D eigenvalue weighted by molar-refractivity contribution is 5.91. The Hall–Kier alpha value is -2.11. The fourth-order valence-corrected chi connectivity index (χ4v) is 2.58. The van der Waals surface area contributed by atoms with Gasteiger partial charge < -0.3 is 14.4 Å². The molecule has 0 saturated carbocycles. The Labute approximate surface area is 123 Å². The average Bonchev–Trinajstić information content (AvgIpc) is 3.14. The van der Waals surface area contributed by atoms with Gasteiger partial charge in [-0.15, -0.1) is 0 Å². The first-order valence-corrected chi connectivity index (χ1v) is 7.45. The zero-order valence-electron chi connectivity index (χ0n) is 12.4. The van der Waals surface area contributed by atoms with Gasteiger partial charge in [0.25, 0.3) is 5.91 Å². The summed E-state index contributed by atoms with van der Waals surface area (Å²) in [6, 6.07) is 1.85. The minimum absolute atomic E-state index is 0.108. The number of aryl methyl sites for hydroxylation is 1. The van der Waals surface area contributed by atoms with Crippen LogP contribution in [0.1, 0.15) is 54.7 Å². The molecule has 112 valence electrons. The Bertz CT molecular complexity index is 631. The topological polar surface area (TPSA) is 73.0 Å². The molecule has 6 nitrogen and oxygen atoms in total. The molecular weight excluding hydrogens is 268 g/mol. The Morgan fingerprint density at radius 2 is 2.48 bits per heavy atom. The first-order chi connectivity index (χ1) is 10.2. The van der Waals surface area contributed by atoms with Crippen LogP contribution in [0.5, 0.6) is 0 Å². The smallest absolute Gasteiger partial charge is 0.290 e. The zero-order chi connectivity index (χ0) is 14.8. The van der Waals surface area contributed by atoms with E-state index in [0.717, 1.165) is 37.3 Å². The van der Waals surface area contributed by atoms with Gasteiger partial charge in [-0.05, 0) is 12.8 Å². The van der Waals surface area contributed by atoms with Crippen LogP contribution in [0.15, 0.2) is 23.0 Å². The van der Waals surface area contributed by atoms with Crippen LogP contribution in [0.3, 0.4) is 0 Å². The van der Waals surface area contributed by atoms with Gasteiger partial charge in [0.1, 0.15) is 5.82 Å². The molecule has 21 heavy (non-hydrogen) atoms. The van der Waals surface area contributed by atoms with E-state index in [1.165, 1.54) is 0 Å². The van der Waals surface area contributed by atoms with Crippen molar-refractivity contribution in [2.45, 2.75) is 51.6 Å². The number of nitrogens with zero attached hydrogens (tertiary/aromatic N) is 3. The van der Waals surface area contributed by atoms with Crippen LogP contribution < -0.4 is 5.32 Å². The van der Waals surface area contributed by atoms with Crippen LogP contribution in [0.4, 0.5) is 0 Å². The van der Waals surface area contributed by atoms with Gasteiger partial charge in [-0.25, -0.2) is 4.98 Å². The monoisotopic (exact) mass is 288 g/mol. The number of fused-ring (bicyclic) bond motifs is 1. The van der Waals surface area contributed by atoms with Crippen molar-refractivity contribution in [3.8, 4) is 0 Å². The average molecular weight is 288 g/mol. The molecule has 0 saturated heterocycles. The van der Waals surface area contributed by atoms with E-state index < -0.39 is 0 Å². The maximum absolute atomic E-state index is 12.2. The molecule has 0 fully saturated rings. The summed E-state index contributed by atoms with van der Waals surface area (Å²) < 4.78 is 7.25. The molecule has 6 heteroatoms. The van der Waals surface area contributed by atoms with Crippen LogP contribution in [0.25, 0.3) is 0 Å². The zero-order valence-corrected chi connectivity index (χ0v) is 12.4. The summed E-state index contributed by atoms with van der Waals surface area (Å²) in [7, 11) is 0. The highest BCUT2D eigenvalue weighted by Crippen LogP contribution is 2.19. The van der Waals surface area contributed by atoms with Gasteiger partial charge >= 0.3 is 0 Å². The van der Waals surface area contributed by atoms with E-state index in [1.807, 2.05) is 6.20 Å². The maximum atomic E-state index is 12.2. The van der Waals surface area contributed by atoms with E-state index in [2.05, 4.69) is 33.9 Å². The van der Waals surface area contributed by atoms with Crippen LogP contribution in [0, 0.1) is 0 Å². The molecule has 1 aliphatic heterocycles. The quantitative estimate of drug-likeness (QED) is 0.935. The van der Waals surface area contributed by atoms with Crippen molar-refractivity contribution in [2.75, 3.05) is 0 Å². The Morgan fingerprint density at radius 1 is 1.62 bits per heavy atom. The molecule has 0 unspecified atom stereocenters. The lowest BCUT2D eigenvalue weighted by molar-refractivity contribution is 0.0890. The molecule has 0 aromatic carbocycles. The van der Waals surface area contributed by atoms with Crippen LogP contribution >= 0.6 is 0 Å². The molecule has 1 N–H and O–H groups in total. The molecule has 3 heterocycles. The maximum Gasteiger partial charge on any atom is 0.290 e. The fraction of sp³-hybridized carbons (Fsp3) is 0.533. The molecule has 2 aromatic heterocycles. The van der Waals surface area contributed by atoms with E-state index in [0.29, 0.717) is 11.7 Å². The number of carbonyl (C=O) groups is 1. The molecule has 2 aromatic rings. The SMILES string of the molecule is CC[C@H](C)c1cc(C(=O)N[C@H]2CCc3nccn3C2)on1. The number of imidazole rings is 1. The number of aromatic nitrogens is 3. The van der Waals surface area contributed by atoms with Crippen LogP contribution in [0.2, 0.25) is 0 Å². The van der Waals surface area contributed by atoms with Crippen LogP contribution in [-0.2, 0) is 13.0 Å². The summed E-state index contributed by atoms with van der Waals surface area (Å²) in [5, 5.41) is 6.99. The predicted molar refractivity (Wildman–Crippen MR) is 77.0 cm³/mol. The highest BCUT2D eigenvalue weighted by atomic mass is 16.5. The fourth-order valence-electron chi connectivity index (χ4n) is 2.58. The van der Waals surface area contributed by atoms with Gasteiger partial charge in [0.15, 0.2) is 0 Å². The largest absolute Gasteiger partial charge is 0.351 e. The summed E-state index contributed by atoms with van der Waals surface area (Å²) in [6.45, 7) is 4.92. The molecule has 0 radical (unpaired) electrons. The van der Waals surface area contributed by atoms with Crippen molar-refractivity contribution in [1.29, 1.82) is 0 Å². The summed E-state index contributed by atoms with van der Waals surface area (Å²) >= 11 is 0. The van der Waals surface area contributed by atoms with E-state index in [-0.39, 0.29) is 11.9 Å². The molecule has 0 spiro atoms. The van der Waals surface area contributed by atoms with E-state index in [4.69, 9.17) is 4.52 Å². The van der Waals surface area contributed by atoms with Gasteiger partial charge in [-0.2, -0.15) is 0 Å². The molecule has 1 amide bonds. The van der Waals surface area contributed by atoms with Gasteiger partial charge in [-0.3, -0.25) is 4.79 Å². The van der Waals surface area contributed by atoms with Gasteiger partial charge in [0, 0.05) is 43.4 Å². The summed E-state index contributed by atoms with van der Waals surface area (Å²) in [4.78, 5) is 16.5. The second kappa shape index (κ2) is 5.71. The van der Waals surface area contributed by atoms with Crippen molar-refractivity contribution in [3.05, 3.63) is 35.7 Å². The molecule has 1 aliphatic rings. The second-order valence-electron chi connectivity index (χ2n) is 5.63. The number of hydrogen-bond donors (Lipinski definition) is 1. The molecule has 0 aliphatic carbocycles. The lowest BCUT2D eigenvalue weighted by atomic mass is 10.0. The normalized spacial score (nSPS) is 19.0. The predicted octanol–water partition coefficient (Wildman–Crippen LogP) is 2.13. The van der Waals surface area contributed by atoms with Crippen molar-refractivity contribution < 1.29 is 9.32 Å². The number of hydrogen-bond acceptors (Lipinski definition) is 4. The number of rotatable bonds is 4. The second-order valence-corrected chi connectivity index (χ2v) is 5.63. The third kappa shape index (κ3) is 2.84. The van der Waals surface area contributed by atoms with Gasteiger partial charge in [0.2, 0.25) is 5.76 Å². The number of carbonyl (C=O) groups excluding carboxylic acids is 1. The lowest BCUT2D eigenvalue weighted by Crippen LogP contribution is -2.40. The van der Waals surface area contributed by atoms with Crippen molar-refractivity contribution >= 4 is 5.91 Å². The first kappa shape index (κ1) is 13.9.